The van der Waals surface area contributed by atoms with Crippen LogP contribution in [0.15, 0.2) is 45.3 Å². The molecule has 9 heteroatoms. The first-order chi connectivity index (χ1) is 12.1. The van der Waals surface area contributed by atoms with E-state index in [9.17, 15) is 4.39 Å². The molecule has 0 aliphatic carbocycles. The fraction of sp³-hybridized carbons (Fsp3) is 0.0625. The second kappa shape index (κ2) is 6.45. The summed E-state index contributed by atoms with van der Waals surface area (Å²) in [6, 6.07) is 10.2. The van der Waals surface area contributed by atoms with Crippen LogP contribution in [0, 0.1) is 5.82 Å². The lowest BCUT2D eigenvalue weighted by atomic mass is 10.1. The molecule has 0 fully saturated rings. The fourth-order valence-corrected chi connectivity index (χ4v) is 2.91. The molecule has 4 rings (SSSR count). The number of hydrogen-bond donors (Lipinski definition) is 2. The Balaban J connectivity index is 1.60. The number of furan rings is 1. The smallest absolute Gasteiger partial charge is 0.239 e. The molecule has 0 saturated heterocycles. The molecule has 25 heavy (non-hydrogen) atoms. The summed E-state index contributed by atoms with van der Waals surface area (Å²) >= 11 is 9.33. The largest absolute Gasteiger partial charge is 0.453 e. The van der Waals surface area contributed by atoms with Gasteiger partial charge in [-0.1, -0.05) is 11.6 Å². The van der Waals surface area contributed by atoms with Crippen LogP contribution in [0.5, 0.6) is 0 Å². The Labute approximate surface area is 154 Å². The van der Waals surface area contributed by atoms with E-state index in [1.807, 2.05) is 12.1 Å². The van der Waals surface area contributed by atoms with Gasteiger partial charge in [0, 0.05) is 27.7 Å². The third-order valence-corrected chi connectivity index (χ3v) is 4.87. The molecule has 4 aromatic rings. The van der Waals surface area contributed by atoms with Gasteiger partial charge in [0.15, 0.2) is 5.76 Å². The number of H-pyrrole nitrogens is 1. The highest BCUT2D eigenvalue weighted by Crippen LogP contribution is 2.29. The molecule has 0 aliphatic rings. The molecule has 0 aliphatic heterocycles. The summed E-state index contributed by atoms with van der Waals surface area (Å²) in [5, 5.41) is 18.0. The van der Waals surface area contributed by atoms with Gasteiger partial charge in [-0.2, -0.15) is 5.21 Å². The van der Waals surface area contributed by atoms with E-state index >= 15 is 0 Å². The van der Waals surface area contributed by atoms with Crippen molar-refractivity contribution in [1.29, 1.82) is 0 Å². The number of anilines is 1. The first-order valence-corrected chi connectivity index (χ1v) is 8.42. The second-order valence-corrected chi connectivity index (χ2v) is 6.57. The predicted molar refractivity (Wildman–Crippen MR) is 95.8 cm³/mol. The van der Waals surface area contributed by atoms with E-state index < -0.39 is 0 Å². The Kier molecular flexibility index (Phi) is 4.14. The number of halogens is 3. The molecule has 2 heterocycles. The van der Waals surface area contributed by atoms with Crippen LogP contribution < -0.4 is 5.32 Å². The number of aromatic nitrogens is 4. The number of benzene rings is 2. The lowest BCUT2D eigenvalue weighted by Gasteiger charge is -2.08. The molecule has 0 radical (unpaired) electrons. The van der Waals surface area contributed by atoms with Crippen LogP contribution in [0.4, 0.5) is 10.1 Å². The van der Waals surface area contributed by atoms with Crippen molar-refractivity contribution in [2.75, 3.05) is 5.32 Å². The van der Waals surface area contributed by atoms with E-state index in [1.165, 1.54) is 6.07 Å². The monoisotopic (exact) mass is 421 g/mol. The van der Waals surface area contributed by atoms with Gasteiger partial charge in [-0.25, -0.2) is 4.39 Å². The van der Waals surface area contributed by atoms with Gasteiger partial charge in [0.25, 0.3) is 0 Å². The molecule has 0 amide bonds. The molecular formula is C16H10BrClFN5O. The maximum absolute atomic E-state index is 14.4. The number of nitrogens with one attached hydrogen (secondary N) is 2. The van der Waals surface area contributed by atoms with Gasteiger partial charge in [0.05, 0.1) is 5.02 Å². The Morgan fingerprint density at radius 2 is 2.12 bits per heavy atom. The predicted octanol–water partition coefficient (Wildman–Crippen LogP) is 4.78. The fourth-order valence-electron chi connectivity index (χ4n) is 2.42. The Hall–Kier alpha value is -2.45. The zero-order chi connectivity index (χ0) is 17.4. The van der Waals surface area contributed by atoms with E-state index in [4.69, 9.17) is 16.0 Å². The second-order valence-electron chi connectivity index (χ2n) is 5.31. The van der Waals surface area contributed by atoms with Crippen molar-refractivity contribution in [3.63, 3.8) is 0 Å². The van der Waals surface area contributed by atoms with Crippen molar-refractivity contribution >= 4 is 44.2 Å². The van der Waals surface area contributed by atoms with Crippen LogP contribution >= 0.6 is 27.5 Å². The van der Waals surface area contributed by atoms with Crippen LogP contribution in [0.25, 0.3) is 22.6 Å². The van der Waals surface area contributed by atoms with Crippen molar-refractivity contribution in [1.82, 2.24) is 20.6 Å². The molecule has 6 nitrogen and oxygen atoms in total. The summed E-state index contributed by atoms with van der Waals surface area (Å²) in [6.07, 6.45) is 0. The molecule has 0 atom stereocenters. The topological polar surface area (TPSA) is 79.6 Å². The first kappa shape index (κ1) is 16.0. The number of aromatic amines is 1. The van der Waals surface area contributed by atoms with E-state index in [0.29, 0.717) is 39.7 Å². The zero-order valence-electron chi connectivity index (χ0n) is 12.6. The van der Waals surface area contributed by atoms with Crippen molar-refractivity contribution in [3.8, 4) is 11.6 Å². The van der Waals surface area contributed by atoms with Crippen LogP contribution in [-0.4, -0.2) is 20.6 Å². The molecule has 0 saturated carbocycles. The lowest BCUT2D eigenvalue weighted by Crippen LogP contribution is -2.01. The van der Waals surface area contributed by atoms with E-state index in [1.54, 1.807) is 18.2 Å². The van der Waals surface area contributed by atoms with Gasteiger partial charge in [-0.3, -0.25) is 0 Å². The molecular weight excluding hydrogens is 413 g/mol. The zero-order valence-corrected chi connectivity index (χ0v) is 14.9. The van der Waals surface area contributed by atoms with Crippen molar-refractivity contribution < 1.29 is 8.81 Å². The van der Waals surface area contributed by atoms with Gasteiger partial charge >= 0.3 is 0 Å². The summed E-state index contributed by atoms with van der Waals surface area (Å²) in [7, 11) is 0. The molecule has 126 valence electrons. The van der Waals surface area contributed by atoms with Crippen molar-refractivity contribution in [2.24, 2.45) is 0 Å². The molecule has 2 aromatic heterocycles. The highest BCUT2D eigenvalue weighted by Gasteiger charge is 2.13. The van der Waals surface area contributed by atoms with E-state index in [2.05, 4.69) is 41.9 Å². The lowest BCUT2D eigenvalue weighted by molar-refractivity contribution is 0.606. The van der Waals surface area contributed by atoms with Crippen LogP contribution in [0.2, 0.25) is 5.02 Å². The number of hydrogen-bond acceptors (Lipinski definition) is 5. The molecule has 2 aromatic carbocycles. The Bertz CT molecular complexity index is 1050. The maximum atomic E-state index is 14.4. The summed E-state index contributed by atoms with van der Waals surface area (Å²) in [4.78, 5) is 0. The van der Waals surface area contributed by atoms with Crippen molar-refractivity contribution in [2.45, 2.75) is 6.54 Å². The molecule has 0 unspecified atom stereocenters. The van der Waals surface area contributed by atoms with Crippen LogP contribution in [-0.2, 0) is 6.54 Å². The third-order valence-electron chi connectivity index (χ3n) is 3.65. The van der Waals surface area contributed by atoms with Gasteiger partial charge in [-0.05, 0) is 57.5 Å². The highest BCUT2D eigenvalue weighted by atomic mass is 79.9. The first-order valence-electron chi connectivity index (χ1n) is 7.25. The van der Waals surface area contributed by atoms with Crippen LogP contribution in [0.1, 0.15) is 5.56 Å². The SMILES string of the molecule is Fc1cc2cc(-c3nn[nH]n3)oc2cc1CNc1ccc(Cl)c(Br)c1. The Morgan fingerprint density at radius 3 is 2.88 bits per heavy atom. The van der Waals surface area contributed by atoms with E-state index in [-0.39, 0.29) is 5.82 Å². The minimum atomic E-state index is -0.325. The van der Waals surface area contributed by atoms with Gasteiger partial charge < -0.3 is 9.73 Å². The molecule has 0 bridgehead atoms. The Morgan fingerprint density at radius 1 is 1.24 bits per heavy atom. The highest BCUT2D eigenvalue weighted by molar-refractivity contribution is 9.10. The number of tetrazole rings is 1. The summed E-state index contributed by atoms with van der Waals surface area (Å²) in [6.45, 7) is 0.300. The van der Waals surface area contributed by atoms with Crippen molar-refractivity contribution in [3.05, 3.63) is 57.3 Å². The minimum absolute atomic E-state index is 0.300. The van der Waals surface area contributed by atoms with Gasteiger partial charge in [0.2, 0.25) is 5.82 Å². The summed E-state index contributed by atoms with van der Waals surface area (Å²) in [5.74, 6) is 0.422. The van der Waals surface area contributed by atoms with Gasteiger partial charge in [-0.15, -0.1) is 10.2 Å². The minimum Gasteiger partial charge on any atom is -0.453 e. The maximum Gasteiger partial charge on any atom is 0.239 e. The third kappa shape index (κ3) is 3.22. The molecule has 0 spiro atoms. The average molecular weight is 423 g/mol. The number of fused-ring (bicyclic) bond motifs is 1. The number of rotatable bonds is 4. The van der Waals surface area contributed by atoms with Crippen LogP contribution in [0.3, 0.4) is 0 Å². The summed E-state index contributed by atoms with van der Waals surface area (Å²) < 4.78 is 20.8. The normalized spacial score (nSPS) is 11.2. The quantitative estimate of drug-likeness (QED) is 0.495. The number of nitrogens with zero attached hydrogens (tertiary/aromatic N) is 3. The van der Waals surface area contributed by atoms with E-state index in [0.717, 1.165) is 10.2 Å². The molecule has 2 N–H and O–H groups in total. The standard InChI is InChI=1S/C16H10BrClFN5O/c17-11-6-10(1-2-12(11)18)20-7-9-5-14-8(3-13(9)19)4-15(25-14)16-21-23-24-22-16/h1-6,20H,7H2,(H,21,22,23,24). The van der Waals surface area contributed by atoms with Gasteiger partial charge in [0.1, 0.15) is 11.4 Å². The summed E-state index contributed by atoms with van der Waals surface area (Å²) in [5.41, 5.74) is 1.85. The average Bonchev–Trinajstić information content (AvgIpc) is 3.24.